The van der Waals surface area contributed by atoms with Gasteiger partial charge >= 0.3 is 0 Å². The second-order valence-electron chi connectivity index (χ2n) is 7.43. The Morgan fingerprint density at radius 2 is 1.53 bits per heavy atom. The lowest BCUT2D eigenvalue weighted by atomic mass is 9.95. The predicted molar refractivity (Wildman–Crippen MR) is 126 cm³/mol. The minimum absolute atomic E-state index is 0.119. The fourth-order valence-corrected chi connectivity index (χ4v) is 4.40. The SMILES string of the molecule is COc1cccc(CN(Cc2ccccc2)CC(Br)CC(C#N)c2ccccc2)c1. The molecule has 30 heavy (non-hydrogen) atoms. The standard InChI is InChI=1S/C26H27BrN2O/c1-30-26-14-8-11-22(15-26)19-29(18-21-9-4-2-5-10-21)20-25(27)16-24(17-28)23-12-6-3-7-13-23/h2-15,24-25H,16,18-20H2,1H3. The van der Waals surface area contributed by atoms with Gasteiger partial charge in [-0.15, -0.1) is 0 Å². The number of halogens is 1. The van der Waals surface area contributed by atoms with Crippen LogP contribution >= 0.6 is 15.9 Å². The van der Waals surface area contributed by atoms with Crippen LogP contribution in [0.3, 0.4) is 0 Å². The fourth-order valence-electron chi connectivity index (χ4n) is 3.61. The molecule has 0 fully saturated rings. The first kappa shape index (κ1) is 22.1. The summed E-state index contributed by atoms with van der Waals surface area (Å²) in [6.45, 7) is 2.51. The quantitative estimate of drug-likeness (QED) is 0.338. The Balaban J connectivity index is 1.71. The minimum atomic E-state index is -0.119. The normalized spacial score (nSPS) is 12.9. The van der Waals surface area contributed by atoms with Crippen molar-refractivity contribution in [1.29, 1.82) is 5.26 Å². The van der Waals surface area contributed by atoms with Crippen LogP contribution in [0.2, 0.25) is 0 Å². The van der Waals surface area contributed by atoms with E-state index in [2.05, 4.69) is 63.3 Å². The van der Waals surface area contributed by atoms with Crippen LogP contribution in [-0.4, -0.2) is 23.4 Å². The Hall–Kier alpha value is -2.61. The summed E-state index contributed by atoms with van der Waals surface area (Å²) < 4.78 is 5.39. The summed E-state index contributed by atoms with van der Waals surface area (Å²) >= 11 is 3.85. The highest BCUT2D eigenvalue weighted by atomic mass is 79.9. The third-order valence-electron chi connectivity index (χ3n) is 5.09. The maximum absolute atomic E-state index is 9.69. The molecule has 0 aliphatic carbocycles. The van der Waals surface area contributed by atoms with E-state index in [1.807, 2.05) is 48.5 Å². The third kappa shape index (κ3) is 6.73. The summed E-state index contributed by atoms with van der Waals surface area (Å²) in [5.41, 5.74) is 3.57. The average molecular weight is 463 g/mol. The number of ether oxygens (including phenoxy) is 1. The molecule has 0 heterocycles. The van der Waals surface area contributed by atoms with Crippen molar-refractivity contribution in [1.82, 2.24) is 4.90 Å². The predicted octanol–water partition coefficient (Wildman–Crippen LogP) is 6.16. The molecule has 0 bridgehead atoms. The van der Waals surface area contributed by atoms with Gasteiger partial charge in [0.05, 0.1) is 19.1 Å². The van der Waals surface area contributed by atoms with Crippen molar-refractivity contribution < 1.29 is 4.74 Å². The minimum Gasteiger partial charge on any atom is -0.497 e. The van der Waals surface area contributed by atoms with Gasteiger partial charge in [0.1, 0.15) is 5.75 Å². The zero-order valence-corrected chi connectivity index (χ0v) is 18.8. The van der Waals surface area contributed by atoms with Gasteiger partial charge in [0, 0.05) is 24.5 Å². The molecule has 3 aromatic rings. The summed E-state index contributed by atoms with van der Waals surface area (Å²) in [6, 6.07) is 31.2. The molecule has 4 heteroatoms. The molecule has 0 aliphatic heterocycles. The molecule has 0 amide bonds. The number of alkyl halides is 1. The van der Waals surface area contributed by atoms with Gasteiger partial charge in [-0.05, 0) is 35.2 Å². The fraction of sp³-hybridized carbons (Fsp3) is 0.269. The molecule has 2 atom stereocenters. The molecular weight excluding hydrogens is 436 g/mol. The number of rotatable bonds is 10. The summed E-state index contributed by atoms with van der Waals surface area (Å²) in [7, 11) is 1.70. The lowest BCUT2D eigenvalue weighted by Crippen LogP contribution is -2.30. The molecule has 0 aliphatic rings. The van der Waals surface area contributed by atoms with E-state index in [1.165, 1.54) is 11.1 Å². The molecule has 0 saturated carbocycles. The van der Waals surface area contributed by atoms with Crippen LogP contribution in [0.25, 0.3) is 0 Å². The van der Waals surface area contributed by atoms with Crippen LogP contribution in [0.4, 0.5) is 0 Å². The van der Waals surface area contributed by atoms with E-state index in [9.17, 15) is 5.26 Å². The lowest BCUT2D eigenvalue weighted by Gasteiger charge is -2.26. The van der Waals surface area contributed by atoms with E-state index >= 15 is 0 Å². The zero-order valence-electron chi connectivity index (χ0n) is 17.2. The van der Waals surface area contributed by atoms with Gasteiger partial charge in [0.25, 0.3) is 0 Å². The largest absolute Gasteiger partial charge is 0.497 e. The van der Waals surface area contributed by atoms with E-state index in [4.69, 9.17) is 4.74 Å². The van der Waals surface area contributed by atoms with Crippen LogP contribution in [0.5, 0.6) is 5.75 Å². The Morgan fingerprint density at radius 3 is 2.20 bits per heavy atom. The molecule has 0 radical (unpaired) electrons. The van der Waals surface area contributed by atoms with Crippen molar-refractivity contribution in [3.8, 4) is 11.8 Å². The van der Waals surface area contributed by atoms with Gasteiger partial charge in [-0.1, -0.05) is 88.7 Å². The lowest BCUT2D eigenvalue weighted by molar-refractivity contribution is 0.255. The molecule has 3 rings (SSSR count). The van der Waals surface area contributed by atoms with E-state index in [-0.39, 0.29) is 10.7 Å². The van der Waals surface area contributed by atoms with Crippen molar-refractivity contribution in [2.45, 2.75) is 30.3 Å². The molecule has 3 nitrogen and oxygen atoms in total. The smallest absolute Gasteiger partial charge is 0.119 e. The topological polar surface area (TPSA) is 36.3 Å². The van der Waals surface area contributed by atoms with Gasteiger partial charge in [0.2, 0.25) is 0 Å². The summed E-state index contributed by atoms with van der Waals surface area (Å²) in [5, 5.41) is 9.69. The number of methoxy groups -OCH3 is 1. The highest BCUT2D eigenvalue weighted by Crippen LogP contribution is 2.25. The maximum atomic E-state index is 9.69. The number of nitrogens with zero attached hydrogens (tertiary/aromatic N) is 2. The molecule has 154 valence electrons. The first-order valence-corrected chi connectivity index (χ1v) is 11.1. The van der Waals surface area contributed by atoms with Crippen LogP contribution in [0.1, 0.15) is 29.0 Å². The average Bonchev–Trinajstić information content (AvgIpc) is 2.79. The van der Waals surface area contributed by atoms with Gasteiger partial charge in [-0.3, -0.25) is 4.90 Å². The number of benzene rings is 3. The Labute approximate surface area is 188 Å². The van der Waals surface area contributed by atoms with Crippen LogP contribution in [0, 0.1) is 11.3 Å². The number of hydrogen-bond acceptors (Lipinski definition) is 3. The molecular formula is C26H27BrN2O. The molecule has 2 unspecified atom stereocenters. The molecule has 0 N–H and O–H groups in total. The second kappa shape index (κ2) is 11.5. The third-order valence-corrected chi connectivity index (χ3v) is 5.76. The Morgan fingerprint density at radius 1 is 0.900 bits per heavy atom. The van der Waals surface area contributed by atoms with Crippen molar-refractivity contribution in [2.75, 3.05) is 13.7 Å². The van der Waals surface area contributed by atoms with Crippen molar-refractivity contribution >= 4 is 15.9 Å². The monoisotopic (exact) mass is 462 g/mol. The number of hydrogen-bond donors (Lipinski definition) is 0. The van der Waals surface area contributed by atoms with Gasteiger partial charge in [-0.2, -0.15) is 5.26 Å². The van der Waals surface area contributed by atoms with Crippen molar-refractivity contribution in [2.24, 2.45) is 0 Å². The van der Waals surface area contributed by atoms with E-state index < -0.39 is 0 Å². The molecule has 0 saturated heterocycles. The highest BCUT2D eigenvalue weighted by Gasteiger charge is 2.19. The summed E-state index contributed by atoms with van der Waals surface area (Å²) in [5.74, 6) is 0.752. The number of nitriles is 1. The highest BCUT2D eigenvalue weighted by molar-refractivity contribution is 9.09. The molecule has 3 aromatic carbocycles. The van der Waals surface area contributed by atoms with Crippen LogP contribution < -0.4 is 4.74 Å². The summed E-state index contributed by atoms with van der Waals surface area (Å²) in [4.78, 5) is 2.62. The Kier molecular flexibility index (Phi) is 8.50. The van der Waals surface area contributed by atoms with Crippen LogP contribution in [0.15, 0.2) is 84.9 Å². The Bertz CT molecular complexity index is 940. The van der Waals surface area contributed by atoms with Crippen molar-refractivity contribution in [3.05, 3.63) is 102 Å². The maximum Gasteiger partial charge on any atom is 0.119 e. The van der Waals surface area contributed by atoms with Gasteiger partial charge in [-0.25, -0.2) is 0 Å². The van der Waals surface area contributed by atoms with E-state index in [0.717, 1.165) is 37.4 Å². The van der Waals surface area contributed by atoms with Gasteiger partial charge < -0.3 is 4.74 Å². The summed E-state index contributed by atoms with van der Waals surface area (Å²) in [6.07, 6.45) is 0.768. The van der Waals surface area contributed by atoms with Gasteiger partial charge in [0.15, 0.2) is 0 Å². The zero-order chi connectivity index (χ0) is 21.2. The molecule has 0 spiro atoms. The van der Waals surface area contributed by atoms with E-state index in [1.54, 1.807) is 7.11 Å². The first-order chi connectivity index (χ1) is 14.7. The first-order valence-electron chi connectivity index (χ1n) is 10.2. The van der Waals surface area contributed by atoms with Crippen LogP contribution in [-0.2, 0) is 13.1 Å². The van der Waals surface area contributed by atoms with Crippen molar-refractivity contribution in [3.63, 3.8) is 0 Å². The second-order valence-corrected chi connectivity index (χ2v) is 8.73. The van der Waals surface area contributed by atoms with E-state index in [0.29, 0.717) is 0 Å². The molecule has 0 aromatic heterocycles.